The monoisotopic (exact) mass is 265 g/mol. The molecule has 0 aromatic carbocycles. The predicted octanol–water partition coefficient (Wildman–Crippen LogP) is 0.648. The third-order valence-corrected chi connectivity index (χ3v) is 1.87. The fourth-order valence-electron chi connectivity index (χ4n) is 1.27. The molecule has 0 radical (unpaired) electrons. The summed E-state index contributed by atoms with van der Waals surface area (Å²) in [6, 6.07) is 1.10. The maximum Gasteiger partial charge on any atom is 0.573 e. The van der Waals surface area contributed by atoms with Gasteiger partial charge in [0.05, 0.1) is 23.5 Å². The molecule has 9 heteroatoms. The van der Waals surface area contributed by atoms with Gasteiger partial charge >= 0.3 is 12.3 Å². The quantitative estimate of drug-likeness (QED) is 0.736. The van der Waals surface area contributed by atoms with E-state index < -0.39 is 30.2 Å². The molecule has 1 aromatic rings. The van der Waals surface area contributed by atoms with E-state index in [0.717, 1.165) is 6.07 Å². The first kappa shape index (κ1) is 14.0. The SMILES string of the molecule is NCc1cc(N)c(OC(F)(F)F)c(CC(=O)O)n1. The van der Waals surface area contributed by atoms with Crippen LogP contribution in [0.3, 0.4) is 0 Å². The highest BCUT2D eigenvalue weighted by Gasteiger charge is 2.34. The van der Waals surface area contributed by atoms with Gasteiger partial charge in [-0.05, 0) is 6.07 Å². The first-order chi connectivity index (χ1) is 8.23. The minimum Gasteiger partial charge on any atom is -0.481 e. The number of aromatic nitrogens is 1. The lowest BCUT2D eigenvalue weighted by Crippen LogP contribution is -2.21. The van der Waals surface area contributed by atoms with E-state index >= 15 is 0 Å². The number of halogens is 3. The Bertz CT molecular complexity index is 462. The topological polar surface area (TPSA) is 111 Å². The van der Waals surface area contributed by atoms with Crippen LogP contribution in [0.4, 0.5) is 18.9 Å². The Balaban J connectivity index is 3.24. The minimum absolute atomic E-state index is 0.0802. The van der Waals surface area contributed by atoms with Crippen LogP contribution in [0, 0.1) is 0 Å². The Kier molecular flexibility index (Phi) is 3.96. The highest BCUT2D eigenvalue weighted by molar-refractivity contribution is 5.72. The molecule has 1 rings (SSSR count). The van der Waals surface area contributed by atoms with Gasteiger partial charge in [0.15, 0.2) is 5.75 Å². The number of pyridine rings is 1. The molecule has 1 aromatic heterocycles. The van der Waals surface area contributed by atoms with E-state index in [9.17, 15) is 18.0 Å². The molecule has 1 heterocycles. The maximum absolute atomic E-state index is 12.1. The van der Waals surface area contributed by atoms with Crippen molar-refractivity contribution >= 4 is 11.7 Å². The Hall–Kier alpha value is -2.03. The van der Waals surface area contributed by atoms with Gasteiger partial charge in [-0.2, -0.15) is 0 Å². The Morgan fingerprint density at radius 3 is 2.56 bits per heavy atom. The van der Waals surface area contributed by atoms with E-state index in [2.05, 4.69) is 9.72 Å². The van der Waals surface area contributed by atoms with Crippen LogP contribution in [0.25, 0.3) is 0 Å². The highest BCUT2D eigenvalue weighted by Crippen LogP contribution is 2.32. The van der Waals surface area contributed by atoms with Gasteiger partial charge in [-0.1, -0.05) is 0 Å². The molecule has 0 aliphatic heterocycles. The van der Waals surface area contributed by atoms with Crippen LogP contribution < -0.4 is 16.2 Å². The normalized spacial score (nSPS) is 11.3. The number of nitrogens with zero attached hydrogens (tertiary/aromatic N) is 1. The lowest BCUT2D eigenvalue weighted by molar-refractivity contribution is -0.274. The van der Waals surface area contributed by atoms with Crippen LogP contribution in [0.2, 0.25) is 0 Å². The van der Waals surface area contributed by atoms with Gasteiger partial charge in [0, 0.05) is 6.54 Å². The molecule has 0 bridgehead atoms. The van der Waals surface area contributed by atoms with Crippen molar-refractivity contribution in [3.05, 3.63) is 17.5 Å². The number of nitrogen functional groups attached to an aromatic ring is 1. The van der Waals surface area contributed by atoms with Gasteiger partial charge in [-0.25, -0.2) is 0 Å². The van der Waals surface area contributed by atoms with E-state index in [-0.39, 0.29) is 17.9 Å². The van der Waals surface area contributed by atoms with Crippen LogP contribution in [0.1, 0.15) is 11.4 Å². The van der Waals surface area contributed by atoms with Crippen molar-refractivity contribution in [2.24, 2.45) is 5.73 Å². The summed E-state index contributed by atoms with van der Waals surface area (Å²) >= 11 is 0. The van der Waals surface area contributed by atoms with Crippen LogP contribution >= 0.6 is 0 Å². The fourth-order valence-corrected chi connectivity index (χ4v) is 1.27. The van der Waals surface area contributed by atoms with E-state index in [1.807, 2.05) is 0 Å². The molecule has 18 heavy (non-hydrogen) atoms. The summed E-state index contributed by atoms with van der Waals surface area (Å²) in [6.45, 7) is -0.0802. The number of alkyl halides is 3. The van der Waals surface area contributed by atoms with Crippen molar-refractivity contribution in [2.45, 2.75) is 19.3 Å². The number of ether oxygens (including phenoxy) is 1. The highest BCUT2D eigenvalue weighted by atomic mass is 19.4. The second kappa shape index (κ2) is 5.08. The van der Waals surface area contributed by atoms with Gasteiger partial charge < -0.3 is 21.3 Å². The van der Waals surface area contributed by atoms with E-state index in [1.165, 1.54) is 0 Å². The first-order valence-corrected chi connectivity index (χ1v) is 4.69. The number of carboxylic acid groups (broad SMARTS) is 1. The van der Waals surface area contributed by atoms with Crippen LogP contribution in [0.15, 0.2) is 6.07 Å². The van der Waals surface area contributed by atoms with Crippen LogP contribution in [-0.4, -0.2) is 22.4 Å². The largest absolute Gasteiger partial charge is 0.573 e. The van der Waals surface area contributed by atoms with Crippen molar-refractivity contribution in [3.8, 4) is 5.75 Å². The summed E-state index contributed by atoms with van der Waals surface area (Å²) in [4.78, 5) is 14.2. The van der Waals surface area contributed by atoms with Crippen molar-refractivity contribution in [2.75, 3.05) is 5.73 Å². The number of nitrogens with two attached hydrogens (primary N) is 2. The molecule has 0 aliphatic carbocycles. The van der Waals surface area contributed by atoms with Gasteiger partial charge in [-0.15, -0.1) is 13.2 Å². The van der Waals surface area contributed by atoms with Crippen LogP contribution in [0.5, 0.6) is 5.75 Å². The zero-order chi connectivity index (χ0) is 13.9. The van der Waals surface area contributed by atoms with Gasteiger partial charge in [0.1, 0.15) is 0 Å². The minimum atomic E-state index is -4.98. The molecule has 5 N–H and O–H groups in total. The summed E-state index contributed by atoms with van der Waals surface area (Å²) in [6.07, 6.45) is -5.73. The molecule has 0 saturated carbocycles. The number of aliphatic carboxylic acids is 1. The van der Waals surface area contributed by atoms with E-state index in [0.29, 0.717) is 0 Å². The number of hydrogen-bond acceptors (Lipinski definition) is 5. The third kappa shape index (κ3) is 3.77. The second-order valence-electron chi connectivity index (χ2n) is 3.30. The molecule has 0 atom stereocenters. The number of anilines is 1. The van der Waals surface area contributed by atoms with Crippen molar-refractivity contribution in [1.29, 1.82) is 0 Å². The van der Waals surface area contributed by atoms with E-state index in [4.69, 9.17) is 16.6 Å². The third-order valence-electron chi connectivity index (χ3n) is 1.87. The summed E-state index contributed by atoms with van der Waals surface area (Å²) in [5.74, 6) is -2.16. The Morgan fingerprint density at radius 1 is 1.50 bits per heavy atom. The fraction of sp³-hybridized carbons (Fsp3) is 0.333. The molecule has 0 fully saturated rings. The molecule has 100 valence electrons. The lowest BCUT2D eigenvalue weighted by atomic mass is 10.2. The molecule has 0 spiro atoms. The van der Waals surface area contributed by atoms with Crippen LogP contribution in [-0.2, 0) is 17.8 Å². The van der Waals surface area contributed by atoms with Gasteiger partial charge in [0.25, 0.3) is 0 Å². The van der Waals surface area contributed by atoms with E-state index in [1.54, 1.807) is 0 Å². The summed E-state index contributed by atoms with van der Waals surface area (Å²) < 4.78 is 40.1. The molecule has 0 aliphatic rings. The van der Waals surface area contributed by atoms with Gasteiger partial charge in [0.2, 0.25) is 0 Å². The summed E-state index contributed by atoms with van der Waals surface area (Å²) in [7, 11) is 0. The molecule has 6 nitrogen and oxygen atoms in total. The zero-order valence-corrected chi connectivity index (χ0v) is 8.99. The Morgan fingerprint density at radius 2 is 2.11 bits per heavy atom. The first-order valence-electron chi connectivity index (χ1n) is 4.69. The molecule has 0 amide bonds. The predicted molar refractivity (Wildman–Crippen MR) is 54.6 cm³/mol. The van der Waals surface area contributed by atoms with Crippen molar-refractivity contribution in [1.82, 2.24) is 4.98 Å². The lowest BCUT2D eigenvalue weighted by Gasteiger charge is -2.15. The summed E-state index contributed by atoms with van der Waals surface area (Å²) in [5.41, 5.74) is 10.0. The van der Waals surface area contributed by atoms with Crippen molar-refractivity contribution < 1.29 is 27.8 Å². The number of carboxylic acids is 1. The zero-order valence-electron chi connectivity index (χ0n) is 8.99. The second-order valence-corrected chi connectivity index (χ2v) is 3.30. The molecular weight excluding hydrogens is 255 g/mol. The molecular formula is C9H10F3N3O3. The standard InChI is InChI=1S/C9H10F3N3O3/c10-9(11,12)18-8-5(14)1-4(3-13)15-6(8)2-7(16)17/h1H,2-3,13H2,(H2,14,15)(H,16,17). The summed E-state index contributed by atoms with van der Waals surface area (Å²) in [5, 5.41) is 8.60. The Labute approximate surface area is 99.4 Å². The average Bonchev–Trinajstić information content (AvgIpc) is 2.20. The average molecular weight is 265 g/mol. The smallest absolute Gasteiger partial charge is 0.481 e. The number of rotatable bonds is 4. The molecule has 0 unspecified atom stereocenters. The van der Waals surface area contributed by atoms with Gasteiger partial charge in [-0.3, -0.25) is 9.78 Å². The number of hydrogen-bond donors (Lipinski definition) is 3. The van der Waals surface area contributed by atoms with Crippen molar-refractivity contribution in [3.63, 3.8) is 0 Å². The molecule has 0 saturated heterocycles. The maximum atomic E-state index is 12.1. The number of carbonyl (C=O) groups is 1.